The summed E-state index contributed by atoms with van der Waals surface area (Å²) in [5.74, 6) is -4.22. The number of carbonyl (C=O) groups excluding carboxylic acids is 1. The molecule has 9 heteroatoms. The Morgan fingerprint density at radius 1 is 1.32 bits per heavy atom. The first-order chi connectivity index (χ1) is 11.7. The first kappa shape index (κ1) is 17.9. The smallest absolute Gasteiger partial charge is 0.292 e. The van der Waals surface area contributed by atoms with Crippen LogP contribution in [-0.2, 0) is 11.3 Å². The lowest BCUT2D eigenvalue weighted by Gasteiger charge is -2.36. The molecule has 2 fully saturated rings. The molecular formula is C16H18F4N2O3. The summed E-state index contributed by atoms with van der Waals surface area (Å²) in [4.78, 5) is 25.5. The second-order valence-corrected chi connectivity index (χ2v) is 6.65. The number of carbonyl (C=O) groups is 1. The van der Waals surface area contributed by atoms with Gasteiger partial charge in [-0.05, 0) is 25.0 Å². The van der Waals surface area contributed by atoms with E-state index in [1.165, 1.54) is 6.07 Å². The summed E-state index contributed by atoms with van der Waals surface area (Å²) in [6.45, 7) is -1.56. The molecule has 1 unspecified atom stereocenters. The molecule has 1 N–H and O–H groups in total. The van der Waals surface area contributed by atoms with Gasteiger partial charge in [0.1, 0.15) is 12.6 Å². The Morgan fingerprint density at radius 2 is 1.96 bits per heavy atom. The van der Waals surface area contributed by atoms with Gasteiger partial charge in [0.05, 0.1) is 17.6 Å². The van der Waals surface area contributed by atoms with Gasteiger partial charge in [-0.1, -0.05) is 12.8 Å². The van der Waals surface area contributed by atoms with Crippen LogP contribution >= 0.6 is 0 Å². The van der Waals surface area contributed by atoms with E-state index >= 15 is 0 Å². The number of aromatic nitrogens is 1. The van der Waals surface area contributed by atoms with Crippen molar-refractivity contribution in [2.75, 3.05) is 6.54 Å². The fourth-order valence-electron chi connectivity index (χ4n) is 3.94. The van der Waals surface area contributed by atoms with Crippen LogP contribution in [0.1, 0.15) is 37.7 Å². The maximum absolute atomic E-state index is 14.0. The molecule has 1 spiro atoms. The van der Waals surface area contributed by atoms with Crippen LogP contribution in [0.25, 0.3) is 0 Å². The molecule has 5 nitrogen and oxygen atoms in total. The van der Waals surface area contributed by atoms with Crippen LogP contribution in [0.2, 0.25) is 0 Å². The SMILES string of the molecule is O=C(Cn1cccc(C(F)F)c1=O)N1CC(F)(F)C(O)C12CCCC2. The normalized spacial score (nSPS) is 24.4. The minimum atomic E-state index is -3.43. The Kier molecular flexibility index (Phi) is 4.38. The number of amides is 1. The fourth-order valence-corrected chi connectivity index (χ4v) is 3.94. The molecular weight excluding hydrogens is 344 g/mol. The van der Waals surface area contributed by atoms with Crippen molar-refractivity contribution in [1.29, 1.82) is 0 Å². The standard InChI is InChI=1S/C16H18F4N2O3/c17-12(18)10-4-3-7-21(13(10)24)8-11(23)22-9-16(19,20)14(25)15(22)5-1-2-6-15/h3-4,7,12,14,25H,1-2,5-6,8-9H2. The molecule has 0 aromatic carbocycles. The number of hydrogen-bond acceptors (Lipinski definition) is 3. The Morgan fingerprint density at radius 3 is 2.56 bits per heavy atom. The molecule has 0 radical (unpaired) electrons. The number of aliphatic hydroxyl groups is 1. The third kappa shape index (κ3) is 2.84. The number of hydrogen-bond donors (Lipinski definition) is 1. The lowest BCUT2D eigenvalue weighted by Crippen LogP contribution is -2.53. The summed E-state index contributed by atoms with van der Waals surface area (Å²) in [5.41, 5.74) is -3.12. The molecule has 2 aliphatic rings. The van der Waals surface area contributed by atoms with Gasteiger partial charge in [0.15, 0.2) is 0 Å². The van der Waals surface area contributed by atoms with Crippen molar-refractivity contribution >= 4 is 5.91 Å². The monoisotopic (exact) mass is 362 g/mol. The summed E-state index contributed by atoms with van der Waals surface area (Å²) in [6, 6.07) is 2.16. The molecule has 1 aromatic heterocycles. The minimum absolute atomic E-state index is 0.251. The van der Waals surface area contributed by atoms with E-state index in [0.29, 0.717) is 12.8 Å². The molecule has 2 heterocycles. The predicted molar refractivity (Wildman–Crippen MR) is 79.5 cm³/mol. The summed E-state index contributed by atoms with van der Waals surface area (Å²) in [5, 5.41) is 10.1. The Bertz CT molecular complexity index is 728. The quantitative estimate of drug-likeness (QED) is 0.836. The average molecular weight is 362 g/mol. The maximum Gasteiger partial charge on any atom is 0.292 e. The van der Waals surface area contributed by atoms with E-state index in [2.05, 4.69) is 0 Å². The summed E-state index contributed by atoms with van der Waals surface area (Å²) in [7, 11) is 0. The van der Waals surface area contributed by atoms with Gasteiger partial charge in [-0.25, -0.2) is 17.6 Å². The highest BCUT2D eigenvalue weighted by atomic mass is 19.3. The van der Waals surface area contributed by atoms with Crippen molar-refractivity contribution in [3.63, 3.8) is 0 Å². The van der Waals surface area contributed by atoms with Crippen molar-refractivity contribution in [3.05, 3.63) is 34.2 Å². The van der Waals surface area contributed by atoms with E-state index in [1.807, 2.05) is 0 Å². The van der Waals surface area contributed by atoms with Crippen LogP contribution in [0, 0.1) is 0 Å². The molecule has 3 rings (SSSR count). The van der Waals surface area contributed by atoms with Crippen LogP contribution in [-0.4, -0.2) is 44.6 Å². The third-order valence-electron chi connectivity index (χ3n) is 5.18. The molecule has 1 saturated carbocycles. The molecule has 1 saturated heterocycles. The van der Waals surface area contributed by atoms with Gasteiger partial charge in [0.25, 0.3) is 17.9 Å². The van der Waals surface area contributed by atoms with Gasteiger partial charge in [-0.15, -0.1) is 0 Å². The third-order valence-corrected chi connectivity index (χ3v) is 5.18. The number of likely N-dealkylation sites (tertiary alicyclic amines) is 1. The average Bonchev–Trinajstić information content (AvgIpc) is 3.10. The Balaban J connectivity index is 1.89. The summed E-state index contributed by atoms with van der Waals surface area (Å²) in [6.07, 6.45) is -2.07. The molecule has 1 aliphatic heterocycles. The number of alkyl halides is 4. The lowest BCUT2D eigenvalue weighted by atomic mass is 9.90. The van der Waals surface area contributed by atoms with Gasteiger partial charge in [0, 0.05) is 6.20 Å². The van der Waals surface area contributed by atoms with Crippen LogP contribution in [0.4, 0.5) is 17.6 Å². The van der Waals surface area contributed by atoms with Gasteiger partial charge in [-0.3, -0.25) is 9.59 Å². The molecule has 0 bridgehead atoms. The van der Waals surface area contributed by atoms with Gasteiger partial charge in [0.2, 0.25) is 5.91 Å². The van der Waals surface area contributed by atoms with Crippen LogP contribution in [0.5, 0.6) is 0 Å². The van der Waals surface area contributed by atoms with E-state index in [-0.39, 0.29) is 12.8 Å². The van der Waals surface area contributed by atoms with Crippen molar-refractivity contribution in [2.24, 2.45) is 0 Å². The van der Waals surface area contributed by atoms with Crippen LogP contribution < -0.4 is 5.56 Å². The Labute approximate surface area is 140 Å². The molecule has 25 heavy (non-hydrogen) atoms. The molecule has 1 aliphatic carbocycles. The predicted octanol–water partition coefficient (Wildman–Crippen LogP) is 1.94. The van der Waals surface area contributed by atoms with E-state index in [9.17, 15) is 32.3 Å². The first-order valence-corrected chi connectivity index (χ1v) is 8.03. The van der Waals surface area contributed by atoms with E-state index < -0.39 is 54.1 Å². The van der Waals surface area contributed by atoms with Crippen molar-refractivity contribution < 1.29 is 27.5 Å². The highest BCUT2D eigenvalue weighted by molar-refractivity contribution is 5.78. The second-order valence-electron chi connectivity index (χ2n) is 6.65. The molecule has 138 valence electrons. The van der Waals surface area contributed by atoms with Crippen molar-refractivity contribution in [1.82, 2.24) is 9.47 Å². The van der Waals surface area contributed by atoms with Crippen LogP contribution in [0.15, 0.2) is 23.1 Å². The number of pyridine rings is 1. The van der Waals surface area contributed by atoms with Crippen LogP contribution in [0.3, 0.4) is 0 Å². The molecule has 1 amide bonds. The number of aliphatic hydroxyl groups excluding tert-OH is 1. The van der Waals surface area contributed by atoms with Crippen molar-refractivity contribution in [2.45, 2.75) is 56.2 Å². The van der Waals surface area contributed by atoms with Crippen molar-refractivity contribution in [3.8, 4) is 0 Å². The topological polar surface area (TPSA) is 62.5 Å². The zero-order valence-electron chi connectivity index (χ0n) is 13.3. The molecule has 1 atom stereocenters. The lowest BCUT2D eigenvalue weighted by molar-refractivity contribution is -0.138. The second kappa shape index (κ2) is 6.12. The maximum atomic E-state index is 14.0. The molecule has 1 aromatic rings. The van der Waals surface area contributed by atoms with Gasteiger partial charge >= 0.3 is 0 Å². The fraction of sp³-hybridized carbons (Fsp3) is 0.625. The van der Waals surface area contributed by atoms with E-state index in [1.54, 1.807) is 0 Å². The highest BCUT2D eigenvalue weighted by Gasteiger charge is 2.64. The summed E-state index contributed by atoms with van der Waals surface area (Å²) >= 11 is 0. The zero-order chi connectivity index (χ0) is 18.4. The number of nitrogens with zero attached hydrogens (tertiary/aromatic N) is 2. The zero-order valence-corrected chi connectivity index (χ0v) is 13.3. The minimum Gasteiger partial charge on any atom is -0.384 e. The first-order valence-electron chi connectivity index (χ1n) is 8.03. The van der Waals surface area contributed by atoms with Gasteiger partial charge < -0.3 is 14.6 Å². The Hall–Kier alpha value is -1.90. The van der Waals surface area contributed by atoms with Gasteiger partial charge in [-0.2, -0.15) is 0 Å². The summed E-state index contributed by atoms with van der Waals surface area (Å²) < 4.78 is 54.4. The van der Waals surface area contributed by atoms with E-state index in [0.717, 1.165) is 21.7 Å². The largest absolute Gasteiger partial charge is 0.384 e. The number of rotatable bonds is 3. The highest BCUT2D eigenvalue weighted by Crippen LogP contribution is 2.48. The van der Waals surface area contributed by atoms with E-state index in [4.69, 9.17) is 0 Å². The number of halogens is 4.